The normalized spacial score (nSPS) is 14.5. The van der Waals surface area contributed by atoms with E-state index in [1.165, 1.54) is 0 Å². The Balaban J connectivity index is 2.15. The lowest BCUT2D eigenvalue weighted by Crippen LogP contribution is -2.21. The van der Waals surface area contributed by atoms with Gasteiger partial charge in [0.15, 0.2) is 10.8 Å². The minimum absolute atomic E-state index is 0.0256. The Morgan fingerprint density at radius 1 is 1.14 bits per heavy atom. The molecule has 0 aromatic carbocycles. The van der Waals surface area contributed by atoms with Crippen LogP contribution < -0.4 is 0 Å². The molecule has 2 aromatic rings. The quantitative estimate of drug-likeness (QED) is 0.683. The van der Waals surface area contributed by atoms with E-state index in [4.69, 9.17) is 0 Å². The Morgan fingerprint density at radius 3 is 2.41 bits per heavy atom. The van der Waals surface area contributed by atoms with E-state index in [-0.39, 0.29) is 16.6 Å². The second-order valence-corrected chi connectivity index (χ2v) is 5.40. The molecule has 22 heavy (non-hydrogen) atoms. The highest BCUT2D eigenvalue weighted by Crippen LogP contribution is 2.30. The Morgan fingerprint density at radius 2 is 1.82 bits per heavy atom. The van der Waals surface area contributed by atoms with Gasteiger partial charge >= 0.3 is 12.4 Å². The second kappa shape index (κ2) is 5.95. The van der Waals surface area contributed by atoms with E-state index >= 15 is 0 Å². The van der Waals surface area contributed by atoms with Crippen molar-refractivity contribution in [3.63, 3.8) is 0 Å². The molecular formula is C11H9F6N3OS. The summed E-state index contributed by atoms with van der Waals surface area (Å²) in [5, 5.41) is 16.5. The highest BCUT2D eigenvalue weighted by molar-refractivity contribution is 7.99. The van der Waals surface area contributed by atoms with Crippen LogP contribution >= 0.6 is 11.8 Å². The molecule has 2 rings (SSSR count). The second-order valence-electron chi connectivity index (χ2n) is 4.41. The summed E-state index contributed by atoms with van der Waals surface area (Å²) < 4.78 is 75.1. The number of halogens is 6. The van der Waals surface area contributed by atoms with E-state index in [0.29, 0.717) is 11.8 Å². The summed E-state index contributed by atoms with van der Waals surface area (Å²) in [5.74, 6) is -0.365. The summed E-state index contributed by atoms with van der Waals surface area (Å²) in [5.41, 5.74) is -0.807. The van der Waals surface area contributed by atoms with Gasteiger partial charge in [-0.1, -0.05) is 11.8 Å². The maximum absolute atomic E-state index is 12.6. The molecule has 0 bridgehead atoms. The van der Waals surface area contributed by atoms with Gasteiger partial charge in [-0.25, -0.2) is 0 Å². The lowest BCUT2D eigenvalue weighted by Gasteiger charge is -2.12. The zero-order valence-corrected chi connectivity index (χ0v) is 11.5. The van der Waals surface area contributed by atoms with Crippen molar-refractivity contribution in [3.05, 3.63) is 23.9 Å². The molecule has 2 heterocycles. The summed E-state index contributed by atoms with van der Waals surface area (Å²) in [6, 6.07) is 1.93. The van der Waals surface area contributed by atoms with Crippen LogP contribution in [-0.4, -0.2) is 37.7 Å². The maximum atomic E-state index is 12.6. The number of aliphatic hydroxyl groups excluding tert-OH is 1. The van der Waals surface area contributed by atoms with Gasteiger partial charge in [0, 0.05) is 11.9 Å². The molecule has 11 heteroatoms. The molecule has 0 aliphatic heterocycles. The Kier molecular flexibility index (Phi) is 4.57. The minimum Gasteiger partial charge on any atom is -0.392 e. The van der Waals surface area contributed by atoms with Crippen LogP contribution in [0.3, 0.4) is 0 Å². The first kappa shape index (κ1) is 16.9. The monoisotopic (exact) mass is 345 g/mol. The van der Waals surface area contributed by atoms with E-state index < -0.39 is 30.4 Å². The summed E-state index contributed by atoms with van der Waals surface area (Å²) in [6.07, 6.45) is -11.4. The number of fused-ring (bicyclic) bond motifs is 1. The van der Waals surface area contributed by atoms with Crippen LogP contribution in [0.2, 0.25) is 0 Å². The molecule has 0 saturated carbocycles. The molecule has 4 nitrogen and oxygen atoms in total. The third-order valence-corrected chi connectivity index (χ3v) is 3.66. The third kappa shape index (κ3) is 4.26. The highest BCUT2D eigenvalue weighted by Gasteiger charge is 2.32. The van der Waals surface area contributed by atoms with Gasteiger partial charge in [-0.05, 0) is 12.1 Å². The molecule has 2 aromatic heterocycles. The molecule has 0 amide bonds. The number of aliphatic hydroxyl groups is 1. The van der Waals surface area contributed by atoms with Crippen molar-refractivity contribution in [2.24, 2.45) is 0 Å². The summed E-state index contributed by atoms with van der Waals surface area (Å²) in [7, 11) is 0. The number of aromatic nitrogens is 3. The Bertz CT molecular complexity index is 653. The molecule has 0 aliphatic rings. The molecule has 0 spiro atoms. The van der Waals surface area contributed by atoms with Crippen LogP contribution in [0.5, 0.6) is 0 Å². The minimum atomic E-state index is -4.56. The number of hydrogen-bond donors (Lipinski definition) is 1. The zero-order chi connectivity index (χ0) is 16.5. The topological polar surface area (TPSA) is 50.4 Å². The van der Waals surface area contributed by atoms with Gasteiger partial charge in [0.25, 0.3) is 0 Å². The molecule has 0 saturated heterocycles. The van der Waals surface area contributed by atoms with E-state index in [1.54, 1.807) is 0 Å². The van der Waals surface area contributed by atoms with E-state index in [0.717, 1.165) is 22.7 Å². The Labute approximate surface area is 124 Å². The van der Waals surface area contributed by atoms with Gasteiger partial charge in [0.2, 0.25) is 0 Å². The SMILES string of the molecule is O[C@@H](CSc1nnc2ccc(C(F)(F)F)cn12)CC(F)(F)F. The fourth-order valence-corrected chi connectivity index (χ4v) is 2.48. The predicted octanol–water partition coefficient (Wildman–Crippen LogP) is 3.15. The molecule has 0 radical (unpaired) electrons. The van der Waals surface area contributed by atoms with Crippen molar-refractivity contribution < 1.29 is 31.4 Å². The molecule has 1 atom stereocenters. The van der Waals surface area contributed by atoms with Gasteiger partial charge in [-0.15, -0.1) is 10.2 Å². The molecule has 0 unspecified atom stereocenters. The number of hydrogen-bond acceptors (Lipinski definition) is 4. The van der Waals surface area contributed by atoms with Crippen molar-refractivity contribution in [2.45, 2.75) is 30.0 Å². The lowest BCUT2D eigenvalue weighted by molar-refractivity contribution is -0.150. The number of nitrogens with zero attached hydrogens (tertiary/aromatic N) is 3. The zero-order valence-electron chi connectivity index (χ0n) is 10.7. The average molecular weight is 345 g/mol. The highest BCUT2D eigenvalue weighted by atomic mass is 32.2. The van der Waals surface area contributed by atoms with Crippen LogP contribution in [0, 0.1) is 0 Å². The van der Waals surface area contributed by atoms with Crippen LogP contribution in [0.25, 0.3) is 5.65 Å². The largest absolute Gasteiger partial charge is 0.417 e. The first-order chi connectivity index (χ1) is 10.1. The summed E-state index contributed by atoms with van der Waals surface area (Å²) >= 11 is 0.697. The van der Waals surface area contributed by atoms with Crippen molar-refractivity contribution in [2.75, 3.05) is 5.75 Å². The maximum Gasteiger partial charge on any atom is 0.417 e. The molecule has 1 N–H and O–H groups in total. The van der Waals surface area contributed by atoms with Gasteiger partial charge in [0.05, 0.1) is 18.1 Å². The van der Waals surface area contributed by atoms with Crippen LogP contribution in [0.1, 0.15) is 12.0 Å². The fourth-order valence-electron chi connectivity index (χ4n) is 1.63. The smallest absolute Gasteiger partial charge is 0.392 e. The Hall–Kier alpha value is -1.49. The van der Waals surface area contributed by atoms with Crippen LogP contribution in [0.15, 0.2) is 23.5 Å². The van der Waals surface area contributed by atoms with E-state index in [2.05, 4.69) is 10.2 Å². The van der Waals surface area contributed by atoms with Gasteiger partial charge in [-0.2, -0.15) is 26.3 Å². The molecule has 0 aliphatic carbocycles. The van der Waals surface area contributed by atoms with Crippen LogP contribution in [0.4, 0.5) is 26.3 Å². The van der Waals surface area contributed by atoms with Crippen molar-refractivity contribution in [1.29, 1.82) is 0 Å². The standard InChI is InChI=1S/C11H9F6N3OS/c12-10(13,14)3-7(21)5-22-9-19-18-8-2-1-6(4-20(8)9)11(15,16)17/h1-2,4,7,21H,3,5H2/t7-/m1/s1. The van der Waals surface area contributed by atoms with Crippen molar-refractivity contribution >= 4 is 17.4 Å². The first-order valence-corrected chi connectivity index (χ1v) is 6.84. The summed E-state index contributed by atoms with van der Waals surface area (Å²) in [6.45, 7) is 0. The number of alkyl halides is 6. The number of rotatable bonds is 4. The lowest BCUT2D eigenvalue weighted by atomic mass is 10.3. The van der Waals surface area contributed by atoms with Gasteiger partial charge in [-0.3, -0.25) is 4.40 Å². The van der Waals surface area contributed by atoms with Crippen LogP contribution in [-0.2, 0) is 6.18 Å². The van der Waals surface area contributed by atoms with E-state index in [9.17, 15) is 31.4 Å². The molecule has 0 fully saturated rings. The predicted molar refractivity (Wildman–Crippen MR) is 65.4 cm³/mol. The third-order valence-electron chi connectivity index (χ3n) is 2.57. The van der Waals surface area contributed by atoms with Crippen molar-refractivity contribution in [3.8, 4) is 0 Å². The average Bonchev–Trinajstić information content (AvgIpc) is 2.75. The molecule has 122 valence electrons. The molecular weight excluding hydrogens is 336 g/mol. The summed E-state index contributed by atoms with van der Waals surface area (Å²) in [4.78, 5) is 0. The first-order valence-electron chi connectivity index (χ1n) is 5.86. The number of thioether (sulfide) groups is 1. The van der Waals surface area contributed by atoms with Gasteiger partial charge < -0.3 is 5.11 Å². The van der Waals surface area contributed by atoms with Gasteiger partial charge in [0.1, 0.15) is 0 Å². The van der Waals surface area contributed by atoms with Crippen molar-refractivity contribution in [1.82, 2.24) is 14.6 Å². The number of pyridine rings is 1. The van der Waals surface area contributed by atoms with E-state index in [1.807, 2.05) is 0 Å². The fraction of sp³-hybridized carbons (Fsp3) is 0.455.